The summed E-state index contributed by atoms with van der Waals surface area (Å²) in [6.07, 6.45) is 1.63. The number of rotatable bonds is 6. The zero-order valence-corrected chi connectivity index (χ0v) is 15.7. The Hall–Kier alpha value is -2.76. The number of nitrogens with one attached hydrogen (secondary N) is 1. The fourth-order valence-electron chi connectivity index (χ4n) is 3.47. The minimum Gasteiger partial charge on any atom is -0.356 e. The highest BCUT2D eigenvalue weighted by Gasteiger charge is 2.27. The largest absolute Gasteiger partial charge is 0.356 e. The highest BCUT2D eigenvalue weighted by Crippen LogP contribution is 2.19. The van der Waals surface area contributed by atoms with Gasteiger partial charge in [0.2, 0.25) is 11.8 Å². The maximum absolute atomic E-state index is 13.7. The lowest BCUT2D eigenvalue weighted by molar-refractivity contribution is -0.135. The number of carbonyl (C=O) groups excluding carboxylic acids is 2. The molecule has 6 heteroatoms. The van der Waals surface area contributed by atoms with Crippen LogP contribution in [0.15, 0.2) is 48.5 Å². The van der Waals surface area contributed by atoms with Crippen LogP contribution in [0.1, 0.15) is 24.0 Å². The smallest absolute Gasteiger partial charge is 0.227 e. The maximum atomic E-state index is 13.7. The number of hydrogen-bond acceptors (Lipinski definition) is 2. The number of piperidine rings is 1. The van der Waals surface area contributed by atoms with Crippen molar-refractivity contribution in [2.24, 2.45) is 5.92 Å². The predicted molar refractivity (Wildman–Crippen MR) is 103 cm³/mol. The van der Waals surface area contributed by atoms with Gasteiger partial charge in [-0.3, -0.25) is 9.59 Å². The van der Waals surface area contributed by atoms with Crippen molar-refractivity contribution in [1.82, 2.24) is 10.2 Å². The van der Waals surface area contributed by atoms with Crippen LogP contribution < -0.4 is 5.32 Å². The average molecular weight is 386 g/mol. The van der Waals surface area contributed by atoms with Crippen molar-refractivity contribution in [3.05, 3.63) is 71.3 Å². The number of likely N-dealkylation sites (tertiary alicyclic amines) is 1. The number of hydrogen-bond donors (Lipinski definition) is 1. The van der Waals surface area contributed by atoms with E-state index in [4.69, 9.17) is 0 Å². The second kappa shape index (κ2) is 9.44. The van der Waals surface area contributed by atoms with Crippen molar-refractivity contribution in [3.8, 4) is 0 Å². The molecule has 0 atom stereocenters. The molecule has 2 aromatic carbocycles. The summed E-state index contributed by atoms with van der Waals surface area (Å²) in [6.45, 7) is 1.35. The molecule has 2 amide bonds. The minimum absolute atomic E-state index is 0.0339. The van der Waals surface area contributed by atoms with Gasteiger partial charge in [0.15, 0.2) is 0 Å². The monoisotopic (exact) mass is 386 g/mol. The zero-order valence-electron chi connectivity index (χ0n) is 15.7. The third kappa shape index (κ3) is 5.15. The van der Waals surface area contributed by atoms with Gasteiger partial charge in [-0.25, -0.2) is 8.78 Å². The van der Waals surface area contributed by atoms with E-state index in [1.807, 2.05) is 0 Å². The summed E-state index contributed by atoms with van der Waals surface area (Å²) in [6, 6.07) is 12.8. The molecule has 1 N–H and O–H groups in total. The molecule has 1 fully saturated rings. The normalized spacial score (nSPS) is 14.7. The van der Waals surface area contributed by atoms with Crippen LogP contribution in [0.3, 0.4) is 0 Å². The SMILES string of the molecule is O=C(NCCc1ccccc1F)C1CCN(C(=O)Cc2ccccc2F)CC1. The third-order valence-electron chi connectivity index (χ3n) is 5.17. The van der Waals surface area contributed by atoms with E-state index in [1.165, 1.54) is 12.1 Å². The molecule has 4 nitrogen and oxygen atoms in total. The number of benzene rings is 2. The number of carbonyl (C=O) groups is 2. The van der Waals surface area contributed by atoms with Gasteiger partial charge in [-0.1, -0.05) is 36.4 Å². The molecule has 1 heterocycles. The first kappa shape index (κ1) is 20.0. The fraction of sp³-hybridized carbons (Fsp3) is 0.364. The van der Waals surface area contributed by atoms with Crippen LogP contribution in [0.2, 0.25) is 0 Å². The van der Waals surface area contributed by atoms with E-state index in [2.05, 4.69) is 5.32 Å². The molecule has 28 heavy (non-hydrogen) atoms. The number of nitrogens with zero attached hydrogens (tertiary/aromatic N) is 1. The summed E-state index contributed by atoms with van der Waals surface area (Å²) in [5.74, 6) is -0.974. The van der Waals surface area contributed by atoms with Crippen molar-refractivity contribution < 1.29 is 18.4 Å². The van der Waals surface area contributed by atoms with Gasteiger partial charge in [0.25, 0.3) is 0 Å². The molecule has 2 aromatic rings. The van der Waals surface area contributed by atoms with Crippen LogP contribution in [0, 0.1) is 17.6 Å². The second-order valence-corrected chi connectivity index (χ2v) is 7.06. The van der Waals surface area contributed by atoms with Gasteiger partial charge in [-0.15, -0.1) is 0 Å². The highest BCUT2D eigenvalue weighted by molar-refractivity contribution is 5.81. The lowest BCUT2D eigenvalue weighted by atomic mass is 9.95. The molecule has 0 radical (unpaired) electrons. The van der Waals surface area contributed by atoms with Gasteiger partial charge in [0, 0.05) is 25.6 Å². The van der Waals surface area contributed by atoms with Crippen molar-refractivity contribution in [2.45, 2.75) is 25.7 Å². The van der Waals surface area contributed by atoms with E-state index in [-0.39, 0.29) is 35.8 Å². The Morgan fingerprint density at radius 1 is 0.929 bits per heavy atom. The molecule has 3 rings (SSSR count). The number of halogens is 2. The van der Waals surface area contributed by atoms with Gasteiger partial charge >= 0.3 is 0 Å². The Kier molecular flexibility index (Phi) is 6.74. The molecular weight excluding hydrogens is 362 g/mol. The highest BCUT2D eigenvalue weighted by atomic mass is 19.1. The topological polar surface area (TPSA) is 49.4 Å². The summed E-state index contributed by atoms with van der Waals surface area (Å²) in [5, 5.41) is 2.86. The van der Waals surface area contributed by atoms with Gasteiger partial charge < -0.3 is 10.2 Å². The van der Waals surface area contributed by atoms with Crippen molar-refractivity contribution in [1.29, 1.82) is 0 Å². The molecule has 0 saturated carbocycles. The first-order valence-electron chi connectivity index (χ1n) is 9.57. The van der Waals surface area contributed by atoms with E-state index in [1.54, 1.807) is 41.3 Å². The summed E-state index contributed by atoms with van der Waals surface area (Å²) in [4.78, 5) is 26.4. The molecule has 1 saturated heterocycles. The summed E-state index contributed by atoms with van der Waals surface area (Å²) in [5.41, 5.74) is 0.969. The number of amides is 2. The molecule has 1 aliphatic heterocycles. The van der Waals surface area contributed by atoms with E-state index in [0.717, 1.165) is 0 Å². The first-order valence-corrected chi connectivity index (χ1v) is 9.57. The molecule has 0 aliphatic carbocycles. The maximum Gasteiger partial charge on any atom is 0.227 e. The molecule has 1 aliphatic rings. The van der Waals surface area contributed by atoms with E-state index < -0.39 is 0 Å². The Balaban J connectivity index is 1.42. The fourth-order valence-corrected chi connectivity index (χ4v) is 3.47. The predicted octanol–water partition coefficient (Wildman–Crippen LogP) is 3.10. The van der Waals surface area contributed by atoms with Crippen LogP contribution in [0.25, 0.3) is 0 Å². The van der Waals surface area contributed by atoms with Crippen LogP contribution in [0.4, 0.5) is 8.78 Å². The Morgan fingerprint density at radius 3 is 2.11 bits per heavy atom. The quantitative estimate of drug-likeness (QED) is 0.829. The zero-order chi connectivity index (χ0) is 19.9. The van der Waals surface area contributed by atoms with E-state index >= 15 is 0 Å². The molecule has 0 unspecified atom stereocenters. The standard InChI is InChI=1S/C22H24F2N2O2/c23-19-7-3-1-5-16(19)9-12-25-22(28)17-10-13-26(14-11-17)21(27)15-18-6-2-4-8-20(18)24/h1-8,17H,9-15H2,(H,25,28). The van der Waals surface area contributed by atoms with Crippen LogP contribution in [-0.2, 0) is 22.4 Å². The summed E-state index contributed by atoms with van der Waals surface area (Å²) in [7, 11) is 0. The summed E-state index contributed by atoms with van der Waals surface area (Å²) >= 11 is 0. The molecule has 0 aromatic heterocycles. The Morgan fingerprint density at radius 2 is 1.50 bits per heavy atom. The van der Waals surface area contributed by atoms with E-state index in [0.29, 0.717) is 50.0 Å². The van der Waals surface area contributed by atoms with Gasteiger partial charge in [0.05, 0.1) is 6.42 Å². The first-order chi connectivity index (χ1) is 13.5. The minimum atomic E-state index is -0.375. The van der Waals surface area contributed by atoms with Crippen LogP contribution in [-0.4, -0.2) is 36.3 Å². The Labute approximate surface area is 163 Å². The van der Waals surface area contributed by atoms with Crippen molar-refractivity contribution >= 4 is 11.8 Å². The van der Waals surface area contributed by atoms with Gasteiger partial charge in [0.1, 0.15) is 11.6 Å². The van der Waals surface area contributed by atoms with E-state index in [9.17, 15) is 18.4 Å². The summed E-state index contributed by atoms with van der Waals surface area (Å²) < 4.78 is 27.3. The molecular formula is C22H24F2N2O2. The molecule has 148 valence electrons. The van der Waals surface area contributed by atoms with Gasteiger partial charge in [-0.05, 0) is 42.5 Å². The molecule has 0 bridgehead atoms. The van der Waals surface area contributed by atoms with Crippen molar-refractivity contribution in [2.75, 3.05) is 19.6 Å². The van der Waals surface area contributed by atoms with Crippen LogP contribution >= 0.6 is 0 Å². The van der Waals surface area contributed by atoms with Crippen LogP contribution in [0.5, 0.6) is 0 Å². The van der Waals surface area contributed by atoms with Crippen molar-refractivity contribution in [3.63, 3.8) is 0 Å². The molecule has 0 spiro atoms. The average Bonchev–Trinajstić information content (AvgIpc) is 2.71. The third-order valence-corrected chi connectivity index (χ3v) is 5.17. The van der Waals surface area contributed by atoms with Gasteiger partial charge in [-0.2, -0.15) is 0 Å². The lowest BCUT2D eigenvalue weighted by Crippen LogP contribution is -2.43. The second-order valence-electron chi connectivity index (χ2n) is 7.06. The lowest BCUT2D eigenvalue weighted by Gasteiger charge is -2.31. The Bertz CT molecular complexity index is 833.